The SMILES string of the molecule is Cc1cccc(SC#N)c1N=C=S. The highest BCUT2D eigenvalue weighted by Gasteiger charge is 2.03. The van der Waals surface area contributed by atoms with Crippen LogP contribution in [0.25, 0.3) is 0 Å². The van der Waals surface area contributed by atoms with E-state index in [-0.39, 0.29) is 0 Å². The smallest absolute Gasteiger partial charge is 0.138 e. The Morgan fingerprint density at radius 3 is 2.92 bits per heavy atom. The number of nitrogens with zero attached hydrogens (tertiary/aromatic N) is 2. The van der Waals surface area contributed by atoms with Gasteiger partial charge in [-0.3, -0.25) is 0 Å². The molecule has 0 aliphatic carbocycles. The molecule has 0 fully saturated rings. The van der Waals surface area contributed by atoms with Gasteiger partial charge in [-0.25, -0.2) is 0 Å². The largest absolute Gasteiger partial charge is 0.193 e. The van der Waals surface area contributed by atoms with E-state index in [2.05, 4.69) is 22.4 Å². The van der Waals surface area contributed by atoms with Gasteiger partial charge < -0.3 is 0 Å². The van der Waals surface area contributed by atoms with Crippen LogP contribution in [0.3, 0.4) is 0 Å². The van der Waals surface area contributed by atoms with E-state index in [4.69, 9.17) is 5.26 Å². The molecule has 0 heterocycles. The Hall–Kier alpha value is -1.14. The van der Waals surface area contributed by atoms with E-state index >= 15 is 0 Å². The number of para-hydroxylation sites is 1. The van der Waals surface area contributed by atoms with E-state index in [0.717, 1.165) is 27.9 Å². The number of isothiocyanates is 1. The summed E-state index contributed by atoms with van der Waals surface area (Å²) in [6, 6.07) is 5.65. The number of hydrogen-bond acceptors (Lipinski definition) is 4. The van der Waals surface area contributed by atoms with E-state index in [1.165, 1.54) is 0 Å². The van der Waals surface area contributed by atoms with Crippen LogP contribution in [-0.4, -0.2) is 5.16 Å². The van der Waals surface area contributed by atoms with Gasteiger partial charge in [0.05, 0.1) is 10.8 Å². The van der Waals surface area contributed by atoms with Crippen molar-refractivity contribution in [2.45, 2.75) is 11.8 Å². The van der Waals surface area contributed by atoms with E-state index in [1.54, 1.807) is 0 Å². The predicted octanol–water partition coefficient (Wildman–Crippen LogP) is 3.30. The van der Waals surface area contributed by atoms with Gasteiger partial charge in [0.25, 0.3) is 0 Å². The van der Waals surface area contributed by atoms with Gasteiger partial charge in [0.15, 0.2) is 0 Å². The van der Waals surface area contributed by atoms with Gasteiger partial charge in [-0.2, -0.15) is 10.3 Å². The van der Waals surface area contributed by atoms with Gasteiger partial charge in [0, 0.05) is 4.90 Å². The van der Waals surface area contributed by atoms with Crippen LogP contribution in [0, 0.1) is 17.6 Å². The number of thiocarbonyl (C=S) groups is 1. The summed E-state index contributed by atoms with van der Waals surface area (Å²) >= 11 is 5.61. The summed E-state index contributed by atoms with van der Waals surface area (Å²) in [7, 11) is 0. The maximum absolute atomic E-state index is 8.53. The molecular formula is C9H6N2S2. The molecule has 0 bridgehead atoms. The summed E-state index contributed by atoms with van der Waals surface area (Å²) in [6.07, 6.45) is 0. The Morgan fingerprint density at radius 1 is 1.54 bits per heavy atom. The molecule has 0 N–H and O–H groups in total. The van der Waals surface area contributed by atoms with Crippen molar-refractivity contribution in [3.05, 3.63) is 23.8 Å². The monoisotopic (exact) mass is 206 g/mol. The van der Waals surface area contributed by atoms with Crippen molar-refractivity contribution in [3.8, 4) is 5.40 Å². The minimum Gasteiger partial charge on any atom is -0.193 e. The summed E-state index contributed by atoms with van der Waals surface area (Å²) in [5, 5.41) is 12.8. The fourth-order valence-electron chi connectivity index (χ4n) is 0.952. The van der Waals surface area contributed by atoms with Crippen LogP contribution in [0.15, 0.2) is 28.1 Å². The highest BCUT2D eigenvalue weighted by atomic mass is 32.2. The summed E-state index contributed by atoms with van der Waals surface area (Å²) in [5.41, 5.74) is 1.74. The Kier molecular flexibility index (Phi) is 3.66. The number of thiocyanates is 1. The van der Waals surface area contributed by atoms with Crippen molar-refractivity contribution in [2.24, 2.45) is 4.99 Å². The molecule has 0 atom stereocenters. The average Bonchev–Trinajstić information content (AvgIpc) is 2.11. The van der Waals surface area contributed by atoms with Crippen LogP contribution in [0.4, 0.5) is 5.69 Å². The topological polar surface area (TPSA) is 36.1 Å². The molecule has 13 heavy (non-hydrogen) atoms. The number of thioether (sulfide) groups is 1. The molecule has 0 aromatic heterocycles. The fraction of sp³-hybridized carbons (Fsp3) is 0.111. The maximum Gasteiger partial charge on any atom is 0.138 e. The molecule has 2 nitrogen and oxygen atoms in total. The molecule has 1 aromatic rings. The first kappa shape index (κ1) is 9.94. The van der Waals surface area contributed by atoms with Crippen molar-refractivity contribution in [2.75, 3.05) is 0 Å². The van der Waals surface area contributed by atoms with Crippen molar-refractivity contribution in [3.63, 3.8) is 0 Å². The summed E-state index contributed by atoms with van der Waals surface area (Å²) in [6.45, 7) is 1.92. The van der Waals surface area contributed by atoms with Crippen LogP contribution in [0.1, 0.15) is 5.56 Å². The van der Waals surface area contributed by atoms with Crippen molar-refractivity contribution in [1.82, 2.24) is 0 Å². The zero-order chi connectivity index (χ0) is 9.68. The molecule has 0 unspecified atom stereocenters. The van der Waals surface area contributed by atoms with Gasteiger partial charge in [-0.05, 0) is 42.5 Å². The van der Waals surface area contributed by atoms with Gasteiger partial charge in [-0.15, -0.1) is 0 Å². The molecule has 0 radical (unpaired) electrons. The summed E-state index contributed by atoms with van der Waals surface area (Å²) in [4.78, 5) is 4.74. The van der Waals surface area contributed by atoms with Gasteiger partial charge in [-0.1, -0.05) is 12.1 Å². The second kappa shape index (κ2) is 4.78. The standard InChI is InChI=1S/C9H6N2S2/c1-7-3-2-4-8(13-5-10)9(7)11-6-12/h2-4H,1H3. The predicted molar refractivity (Wildman–Crippen MR) is 57.3 cm³/mol. The van der Waals surface area contributed by atoms with Crippen LogP contribution in [0.5, 0.6) is 0 Å². The Labute approximate surface area is 86.3 Å². The third-order valence-corrected chi connectivity index (χ3v) is 2.25. The minimum atomic E-state index is 0.740. The molecule has 0 saturated heterocycles. The highest BCUT2D eigenvalue weighted by Crippen LogP contribution is 2.31. The third-order valence-electron chi connectivity index (χ3n) is 1.51. The number of aryl methyl sites for hydroxylation is 1. The van der Waals surface area contributed by atoms with Crippen LogP contribution < -0.4 is 0 Å². The maximum atomic E-state index is 8.53. The third kappa shape index (κ3) is 2.40. The van der Waals surface area contributed by atoms with Crippen LogP contribution in [0.2, 0.25) is 0 Å². The number of aliphatic imine (C=N–C) groups is 1. The zero-order valence-electron chi connectivity index (χ0n) is 6.94. The Balaban J connectivity index is 3.26. The molecule has 0 amide bonds. The molecule has 0 spiro atoms. The van der Waals surface area contributed by atoms with E-state index in [1.807, 2.05) is 30.5 Å². The van der Waals surface area contributed by atoms with E-state index in [0.29, 0.717) is 0 Å². The lowest BCUT2D eigenvalue weighted by atomic mass is 10.2. The molecule has 0 aliphatic rings. The number of hydrogen-bond donors (Lipinski definition) is 0. The number of benzene rings is 1. The average molecular weight is 206 g/mol. The molecule has 0 aliphatic heterocycles. The summed E-state index contributed by atoms with van der Waals surface area (Å²) in [5.74, 6) is 0. The first-order chi connectivity index (χ1) is 6.29. The Bertz CT molecular complexity index is 401. The summed E-state index contributed by atoms with van der Waals surface area (Å²) < 4.78 is 0. The van der Waals surface area contributed by atoms with E-state index < -0.39 is 0 Å². The molecule has 1 rings (SSSR count). The normalized spacial score (nSPS) is 8.62. The second-order valence-electron chi connectivity index (χ2n) is 2.32. The zero-order valence-corrected chi connectivity index (χ0v) is 8.58. The van der Waals surface area contributed by atoms with Gasteiger partial charge in [0.2, 0.25) is 0 Å². The lowest BCUT2D eigenvalue weighted by molar-refractivity contribution is 1.31. The van der Waals surface area contributed by atoms with Crippen molar-refractivity contribution < 1.29 is 0 Å². The first-order valence-electron chi connectivity index (χ1n) is 3.53. The minimum absolute atomic E-state index is 0.740. The molecular weight excluding hydrogens is 200 g/mol. The molecule has 0 saturated carbocycles. The molecule has 4 heteroatoms. The van der Waals surface area contributed by atoms with Crippen molar-refractivity contribution in [1.29, 1.82) is 5.26 Å². The molecule has 64 valence electrons. The second-order valence-corrected chi connectivity index (χ2v) is 3.33. The lowest BCUT2D eigenvalue weighted by Gasteiger charge is -2.01. The number of rotatable bonds is 2. The highest BCUT2D eigenvalue weighted by molar-refractivity contribution is 8.03. The lowest BCUT2D eigenvalue weighted by Crippen LogP contribution is -1.77. The van der Waals surface area contributed by atoms with Crippen LogP contribution >= 0.6 is 24.0 Å². The Morgan fingerprint density at radius 2 is 2.31 bits per heavy atom. The fourth-order valence-corrected chi connectivity index (χ4v) is 1.59. The molecule has 1 aromatic carbocycles. The van der Waals surface area contributed by atoms with Gasteiger partial charge in [0.1, 0.15) is 5.40 Å². The quantitative estimate of drug-likeness (QED) is 0.322. The number of nitriles is 1. The van der Waals surface area contributed by atoms with Crippen LogP contribution in [-0.2, 0) is 0 Å². The first-order valence-corrected chi connectivity index (χ1v) is 4.75. The van der Waals surface area contributed by atoms with Crippen molar-refractivity contribution >= 4 is 34.8 Å². The van der Waals surface area contributed by atoms with E-state index in [9.17, 15) is 0 Å². The van der Waals surface area contributed by atoms with Gasteiger partial charge >= 0.3 is 0 Å².